The molecule has 0 spiro atoms. The molecular formula is C15H17N5O3. The second-order valence-corrected chi connectivity index (χ2v) is 5.48. The minimum absolute atomic E-state index is 0.111. The van der Waals surface area contributed by atoms with Gasteiger partial charge in [0.15, 0.2) is 0 Å². The Morgan fingerprint density at radius 1 is 1.35 bits per heavy atom. The largest absolute Gasteiger partial charge is 0.472 e. The summed E-state index contributed by atoms with van der Waals surface area (Å²) in [6.07, 6.45) is 7.02. The van der Waals surface area contributed by atoms with Gasteiger partial charge in [-0.25, -0.2) is 0 Å². The topological polar surface area (TPSA) is 82.4 Å². The van der Waals surface area contributed by atoms with E-state index in [0.717, 1.165) is 25.2 Å². The lowest BCUT2D eigenvalue weighted by Gasteiger charge is -2.31. The van der Waals surface area contributed by atoms with Crippen LogP contribution in [0.1, 0.15) is 5.89 Å². The summed E-state index contributed by atoms with van der Waals surface area (Å²) >= 11 is 0. The number of rotatable bonds is 5. The third-order valence-electron chi connectivity index (χ3n) is 3.78. The third-order valence-corrected chi connectivity index (χ3v) is 3.78. The van der Waals surface area contributed by atoms with E-state index in [1.165, 1.54) is 0 Å². The van der Waals surface area contributed by atoms with Crippen LogP contribution in [0.25, 0.3) is 11.4 Å². The van der Waals surface area contributed by atoms with Crippen LogP contribution in [0.5, 0.6) is 0 Å². The van der Waals surface area contributed by atoms with Gasteiger partial charge in [-0.1, -0.05) is 5.16 Å². The van der Waals surface area contributed by atoms with Crippen LogP contribution < -0.4 is 0 Å². The van der Waals surface area contributed by atoms with Crippen molar-refractivity contribution in [3.63, 3.8) is 0 Å². The molecule has 1 aliphatic heterocycles. The van der Waals surface area contributed by atoms with Gasteiger partial charge in [-0.2, -0.15) is 10.1 Å². The molecule has 0 aromatic carbocycles. The van der Waals surface area contributed by atoms with Crippen LogP contribution in [0.4, 0.5) is 0 Å². The van der Waals surface area contributed by atoms with E-state index in [1.807, 2.05) is 23.0 Å². The molecule has 4 heterocycles. The van der Waals surface area contributed by atoms with Gasteiger partial charge in [0, 0.05) is 25.5 Å². The van der Waals surface area contributed by atoms with E-state index in [-0.39, 0.29) is 6.10 Å². The van der Waals surface area contributed by atoms with E-state index in [2.05, 4.69) is 20.1 Å². The first kappa shape index (κ1) is 14.2. The van der Waals surface area contributed by atoms with Crippen molar-refractivity contribution in [2.45, 2.75) is 19.2 Å². The smallest absolute Gasteiger partial charge is 0.241 e. The number of furan rings is 1. The van der Waals surface area contributed by atoms with Crippen molar-refractivity contribution in [3.8, 4) is 11.4 Å². The highest BCUT2D eigenvalue weighted by Gasteiger charge is 2.23. The predicted molar refractivity (Wildman–Crippen MR) is 79.2 cm³/mol. The molecule has 120 valence electrons. The molecule has 0 amide bonds. The molecule has 1 saturated heterocycles. The molecule has 1 atom stereocenters. The number of morpholine rings is 1. The summed E-state index contributed by atoms with van der Waals surface area (Å²) in [5, 5.41) is 8.21. The fourth-order valence-electron chi connectivity index (χ4n) is 2.67. The average Bonchev–Trinajstić information content (AvgIpc) is 3.30. The lowest BCUT2D eigenvalue weighted by Crippen LogP contribution is -2.43. The van der Waals surface area contributed by atoms with Crippen LogP contribution in [-0.4, -0.2) is 50.6 Å². The maximum Gasteiger partial charge on any atom is 0.241 e. The second-order valence-electron chi connectivity index (χ2n) is 5.48. The molecule has 0 bridgehead atoms. The van der Waals surface area contributed by atoms with Gasteiger partial charge in [-0.05, 0) is 12.1 Å². The van der Waals surface area contributed by atoms with E-state index in [0.29, 0.717) is 24.9 Å². The molecule has 0 unspecified atom stereocenters. The fourth-order valence-corrected chi connectivity index (χ4v) is 2.67. The summed E-state index contributed by atoms with van der Waals surface area (Å²) in [7, 11) is 0. The minimum Gasteiger partial charge on any atom is -0.472 e. The van der Waals surface area contributed by atoms with Gasteiger partial charge in [0.25, 0.3) is 0 Å². The molecule has 4 rings (SSSR count). The zero-order valence-corrected chi connectivity index (χ0v) is 12.5. The Morgan fingerprint density at radius 2 is 2.35 bits per heavy atom. The molecule has 0 aliphatic carbocycles. The molecule has 8 nitrogen and oxygen atoms in total. The van der Waals surface area contributed by atoms with Crippen molar-refractivity contribution in [1.82, 2.24) is 24.8 Å². The van der Waals surface area contributed by atoms with Crippen LogP contribution in [0.2, 0.25) is 0 Å². The van der Waals surface area contributed by atoms with E-state index < -0.39 is 0 Å². The number of hydrogen-bond donors (Lipinski definition) is 0. The normalized spacial score (nSPS) is 19.2. The first-order valence-electron chi connectivity index (χ1n) is 7.53. The Balaban J connectivity index is 1.37. The fraction of sp³-hybridized carbons (Fsp3) is 0.400. The summed E-state index contributed by atoms with van der Waals surface area (Å²) in [4.78, 5) is 6.66. The van der Waals surface area contributed by atoms with Crippen molar-refractivity contribution >= 4 is 0 Å². The quantitative estimate of drug-likeness (QED) is 0.704. The highest BCUT2D eigenvalue weighted by atomic mass is 16.5. The van der Waals surface area contributed by atoms with Crippen LogP contribution in [0.15, 0.2) is 46.0 Å². The lowest BCUT2D eigenvalue weighted by molar-refractivity contribution is -0.0426. The summed E-state index contributed by atoms with van der Waals surface area (Å²) in [6.45, 7) is 3.70. The van der Waals surface area contributed by atoms with Crippen molar-refractivity contribution in [2.24, 2.45) is 0 Å². The third kappa shape index (κ3) is 3.33. The first-order chi connectivity index (χ1) is 11.4. The average molecular weight is 315 g/mol. The summed E-state index contributed by atoms with van der Waals surface area (Å²) in [5.74, 6) is 1.15. The summed E-state index contributed by atoms with van der Waals surface area (Å²) in [6, 6.07) is 3.72. The molecule has 8 heteroatoms. The van der Waals surface area contributed by atoms with Gasteiger partial charge in [0.05, 0.1) is 37.6 Å². The minimum atomic E-state index is 0.111. The highest BCUT2D eigenvalue weighted by molar-refractivity contribution is 5.51. The highest BCUT2D eigenvalue weighted by Crippen LogP contribution is 2.17. The SMILES string of the molecule is c1cnn(C[C@@H]2CN(Cc3nc(-c4ccoc4)no3)CCO2)c1. The molecular weight excluding hydrogens is 298 g/mol. The first-order valence-corrected chi connectivity index (χ1v) is 7.53. The molecule has 23 heavy (non-hydrogen) atoms. The van der Waals surface area contributed by atoms with Gasteiger partial charge in [-0.15, -0.1) is 0 Å². The second kappa shape index (κ2) is 6.35. The van der Waals surface area contributed by atoms with Gasteiger partial charge < -0.3 is 13.7 Å². The van der Waals surface area contributed by atoms with E-state index in [9.17, 15) is 0 Å². The van der Waals surface area contributed by atoms with Crippen molar-refractivity contribution in [3.05, 3.63) is 42.9 Å². The van der Waals surface area contributed by atoms with Gasteiger partial charge in [-0.3, -0.25) is 9.58 Å². The van der Waals surface area contributed by atoms with E-state index in [1.54, 1.807) is 18.7 Å². The van der Waals surface area contributed by atoms with Gasteiger partial charge in [0.2, 0.25) is 11.7 Å². The van der Waals surface area contributed by atoms with E-state index in [4.69, 9.17) is 13.7 Å². The number of nitrogens with zero attached hydrogens (tertiary/aromatic N) is 5. The Morgan fingerprint density at radius 3 is 3.17 bits per heavy atom. The van der Waals surface area contributed by atoms with Crippen LogP contribution >= 0.6 is 0 Å². The molecule has 0 saturated carbocycles. The Bertz CT molecular complexity index is 722. The predicted octanol–water partition coefficient (Wildman–Crippen LogP) is 1.43. The summed E-state index contributed by atoms with van der Waals surface area (Å²) in [5.41, 5.74) is 0.818. The molecule has 0 radical (unpaired) electrons. The Kier molecular flexibility index (Phi) is 3.91. The van der Waals surface area contributed by atoms with Crippen molar-refractivity contribution in [2.75, 3.05) is 19.7 Å². The molecule has 3 aromatic rings. The standard InChI is InChI=1S/C15H17N5O3/c1-3-16-20(4-1)9-13-8-19(5-7-22-13)10-14-17-15(18-23-14)12-2-6-21-11-12/h1-4,6,11,13H,5,7-10H2/t13-/m0/s1. The summed E-state index contributed by atoms with van der Waals surface area (Å²) < 4.78 is 18.1. The maximum absolute atomic E-state index is 5.80. The van der Waals surface area contributed by atoms with Crippen LogP contribution in [0, 0.1) is 0 Å². The van der Waals surface area contributed by atoms with Crippen LogP contribution in [-0.2, 0) is 17.8 Å². The van der Waals surface area contributed by atoms with Gasteiger partial charge >= 0.3 is 0 Å². The van der Waals surface area contributed by atoms with Gasteiger partial charge in [0.1, 0.15) is 6.26 Å². The zero-order valence-electron chi connectivity index (χ0n) is 12.5. The molecule has 1 aliphatic rings. The lowest BCUT2D eigenvalue weighted by atomic mass is 10.2. The van der Waals surface area contributed by atoms with Crippen molar-refractivity contribution in [1.29, 1.82) is 0 Å². The monoisotopic (exact) mass is 315 g/mol. The molecule has 0 N–H and O–H groups in total. The van der Waals surface area contributed by atoms with E-state index >= 15 is 0 Å². The Labute approximate surface area is 132 Å². The van der Waals surface area contributed by atoms with Crippen LogP contribution in [0.3, 0.4) is 0 Å². The number of aromatic nitrogens is 4. The zero-order chi connectivity index (χ0) is 15.5. The molecule has 3 aromatic heterocycles. The number of ether oxygens (including phenoxy) is 1. The number of hydrogen-bond acceptors (Lipinski definition) is 7. The molecule has 1 fully saturated rings. The Hall–Kier alpha value is -2.45. The maximum atomic E-state index is 5.80. The van der Waals surface area contributed by atoms with Crippen molar-refractivity contribution < 1.29 is 13.7 Å².